The maximum atomic E-state index is 13.5. The molecule has 0 amide bonds. The Kier molecular flexibility index (Phi) is 39.2. The van der Waals surface area contributed by atoms with Gasteiger partial charge in [0.05, 0.1) is 34.4 Å². The van der Waals surface area contributed by atoms with E-state index in [1.165, 1.54) is 77.0 Å². The average Bonchev–Trinajstić information content (AvgIpc) is 3.20. The summed E-state index contributed by atoms with van der Waals surface area (Å²) in [5, 5.41) is 0. The van der Waals surface area contributed by atoms with Crippen LogP contribution in [0.1, 0.15) is 194 Å². The molecule has 13 nitrogen and oxygen atoms in total. The number of hydrogen-bond donors (Lipinski definition) is 2. The van der Waals surface area contributed by atoms with E-state index in [0.29, 0.717) is 23.9 Å². The van der Waals surface area contributed by atoms with Gasteiger partial charge in [0, 0.05) is 19.4 Å². The standard InChI is InChI=1S/C46H90N2O11P2/c1-6-8-10-12-14-16-18-20-22-24-26-28-30-32-34-36-45(49)54-42-44(43-57-61(53,56-40-38-47)59-60(51,52)55-41-39-48(3,4)5)58-46(50)37-35-33-31-29-27-25-23-21-19-17-15-13-11-9-7-2/h20-23,44H,6-19,24-43,47H2,1-5H3/p+1/b22-20-,23-21-/t44-,61?/m1/s1. The van der Waals surface area contributed by atoms with E-state index in [-0.39, 0.29) is 39.2 Å². The number of carbonyl (C=O) groups is 2. The van der Waals surface area contributed by atoms with Crippen LogP contribution < -0.4 is 5.73 Å². The summed E-state index contributed by atoms with van der Waals surface area (Å²) in [6.45, 7) is 3.30. The molecule has 0 radical (unpaired) electrons. The van der Waals surface area contributed by atoms with Crippen LogP contribution in [0.4, 0.5) is 0 Å². The van der Waals surface area contributed by atoms with Crippen molar-refractivity contribution < 1.29 is 55.5 Å². The van der Waals surface area contributed by atoms with Crippen LogP contribution in [0.15, 0.2) is 24.3 Å². The van der Waals surface area contributed by atoms with Crippen molar-refractivity contribution in [2.45, 2.75) is 200 Å². The molecular formula is C46H91N2O11P2+. The van der Waals surface area contributed by atoms with Crippen LogP contribution in [0.25, 0.3) is 0 Å². The molecular weight excluding hydrogens is 818 g/mol. The minimum absolute atomic E-state index is 0.0862. The lowest BCUT2D eigenvalue weighted by atomic mass is 10.1. The first kappa shape index (κ1) is 59.6. The molecule has 0 fully saturated rings. The largest absolute Gasteiger partial charge is 0.483 e. The highest BCUT2D eigenvalue weighted by atomic mass is 31.3. The van der Waals surface area contributed by atoms with E-state index in [4.69, 9.17) is 33.1 Å². The number of unbranched alkanes of at least 4 members (excludes halogenated alkanes) is 22. The number of quaternary nitrogens is 1. The molecule has 0 spiro atoms. The number of allylic oxidation sites excluding steroid dienone is 4. The van der Waals surface area contributed by atoms with Gasteiger partial charge < -0.3 is 24.6 Å². The molecule has 0 rings (SSSR count). The number of likely N-dealkylation sites (N-methyl/N-ethyl adjacent to an activating group) is 1. The Balaban J connectivity index is 4.91. The molecule has 0 aliphatic carbocycles. The van der Waals surface area contributed by atoms with Crippen molar-refractivity contribution in [3.63, 3.8) is 0 Å². The maximum Gasteiger partial charge on any atom is 0.483 e. The first-order valence-electron chi connectivity index (χ1n) is 24.0. The predicted octanol–water partition coefficient (Wildman–Crippen LogP) is 12.5. The van der Waals surface area contributed by atoms with E-state index in [1.807, 2.05) is 21.1 Å². The first-order valence-corrected chi connectivity index (χ1v) is 26.9. The smallest absolute Gasteiger partial charge is 0.462 e. The van der Waals surface area contributed by atoms with E-state index in [9.17, 15) is 23.6 Å². The zero-order valence-corrected chi connectivity index (χ0v) is 41.2. The van der Waals surface area contributed by atoms with Gasteiger partial charge >= 0.3 is 27.6 Å². The van der Waals surface area contributed by atoms with Crippen molar-refractivity contribution in [2.24, 2.45) is 5.73 Å². The number of nitrogens with two attached hydrogens (primary N) is 1. The molecule has 61 heavy (non-hydrogen) atoms. The summed E-state index contributed by atoms with van der Waals surface area (Å²) in [6, 6.07) is 0. The molecule has 0 saturated carbocycles. The van der Waals surface area contributed by atoms with Crippen LogP contribution in [0.3, 0.4) is 0 Å². The fraction of sp³-hybridized carbons (Fsp3) is 0.870. The Labute approximate surface area is 372 Å². The molecule has 3 N–H and O–H groups in total. The average molecular weight is 910 g/mol. The van der Waals surface area contributed by atoms with Gasteiger partial charge in [-0.3, -0.25) is 23.2 Å². The van der Waals surface area contributed by atoms with Gasteiger partial charge in [-0.25, -0.2) is 9.13 Å². The Morgan fingerprint density at radius 1 is 0.574 bits per heavy atom. The summed E-state index contributed by atoms with van der Waals surface area (Å²) in [5.41, 5.74) is 5.52. The summed E-state index contributed by atoms with van der Waals surface area (Å²) in [5.74, 6) is -0.991. The normalized spacial score (nSPS) is 14.7. The quantitative estimate of drug-likeness (QED) is 0.0195. The van der Waals surface area contributed by atoms with Crippen LogP contribution in [-0.2, 0) is 46.1 Å². The summed E-state index contributed by atoms with van der Waals surface area (Å²) < 4.78 is 58.1. The molecule has 0 aliphatic rings. The summed E-state index contributed by atoms with van der Waals surface area (Å²) in [7, 11) is -4.03. The van der Waals surface area contributed by atoms with E-state index in [0.717, 1.165) is 77.0 Å². The molecule has 0 aromatic carbocycles. The zero-order chi connectivity index (χ0) is 45.3. The Morgan fingerprint density at radius 2 is 1.00 bits per heavy atom. The highest BCUT2D eigenvalue weighted by molar-refractivity contribution is 7.61. The summed E-state index contributed by atoms with van der Waals surface area (Å²) in [4.78, 5) is 35.9. The third-order valence-electron chi connectivity index (χ3n) is 10.0. The molecule has 15 heteroatoms. The van der Waals surface area contributed by atoms with E-state index < -0.39 is 40.3 Å². The van der Waals surface area contributed by atoms with Crippen LogP contribution in [0, 0.1) is 0 Å². The van der Waals surface area contributed by atoms with Gasteiger partial charge in [-0.15, -0.1) is 0 Å². The van der Waals surface area contributed by atoms with Gasteiger partial charge in [-0.1, -0.05) is 141 Å². The monoisotopic (exact) mass is 910 g/mol. The van der Waals surface area contributed by atoms with Crippen LogP contribution in [-0.4, -0.2) is 88.1 Å². The molecule has 0 bridgehead atoms. The lowest BCUT2D eigenvalue weighted by Gasteiger charge is -2.25. The fourth-order valence-electron chi connectivity index (χ4n) is 6.30. The van der Waals surface area contributed by atoms with Gasteiger partial charge in [0.15, 0.2) is 6.10 Å². The molecule has 3 atom stereocenters. The first-order chi connectivity index (χ1) is 29.3. The SMILES string of the molecule is CCCCCCCC/C=C\CCCCCCCC(=O)OC[C@H](COP(=O)(OCCN)OP(=O)(O)OCC[N+](C)(C)C)OC(=O)CCCCCCC/C=C\CCCCCCCC. The third-order valence-corrected chi connectivity index (χ3v) is 13.1. The molecule has 0 aromatic heterocycles. The van der Waals surface area contributed by atoms with Gasteiger partial charge in [0.2, 0.25) is 0 Å². The fourth-order valence-corrected chi connectivity index (χ4v) is 8.94. The second-order valence-electron chi connectivity index (χ2n) is 17.2. The van der Waals surface area contributed by atoms with Crippen molar-refractivity contribution in [3.8, 4) is 0 Å². The lowest BCUT2D eigenvalue weighted by molar-refractivity contribution is -0.870. The van der Waals surface area contributed by atoms with Crippen molar-refractivity contribution in [2.75, 3.05) is 60.7 Å². The number of hydrogen-bond acceptors (Lipinski definition) is 11. The Hall–Kier alpha value is -1.40. The number of phosphoric acid groups is 2. The predicted molar refractivity (Wildman–Crippen MR) is 248 cm³/mol. The topological polar surface area (TPSA) is 170 Å². The van der Waals surface area contributed by atoms with E-state index in [2.05, 4.69) is 38.2 Å². The molecule has 0 aliphatic heterocycles. The van der Waals surface area contributed by atoms with E-state index in [1.54, 1.807) is 0 Å². The summed E-state index contributed by atoms with van der Waals surface area (Å²) in [6.07, 6.45) is 38.0. The molecule has 0 aromatic rings. The zero-order valence-electron chi connectivity index (χ0n) is 39.4. The number of rotatable bonds is 45. The van der Waals surface area contributed by atoms with E-state index >= 15 is 0 Å². The Morgan fingerprint density at radius 3 is 1.44 bits per heavy atom. The van der Waals surface area contributed by atoms with Crippen LogP contribution in [0.5, 0.6) is 0 Å². The summed E-state index contributed by atoms with van der Waals surface area (Å²) >= 11 is 0. The molecule has 360 valence electrons. The number of carbonyl (C=O) groups excluding carboxylic acids is 2. The Bertz CT molecular complexity index is 1210. The number of esters is 2. The number of nitrogens with zero attached hydrogens (tertiary/aromatic N) is 1. The van der Waals surface area contributed by atoms with Gasteiger partial charge in [-0.2, -0.15) is 4.31 Å². The minimum atomic E-state index is -4.90. The molecule has 2 unspecified atom stereocenters. The van der Waals surface area contributed by atoms with Crippen molar-refractivity contribution in [1.82, 2.24) is 0 Å². The van der Waals surface area contributed by atoms with Crippen molar-refractivity contribution in [1.29, 1.82) is 0 Å². The van der Waals surface area contributed by atoms with Crippen molar-refractivity contribution in [3.05, 3.63) is 24.3 Å². The van der Waals surface area contributed by atoms with Gasteiger partial charge in [0.25, 0.3) is 0 Å². The molecule has 0 saturated heterocycles. The second kappa shape index (κ2) is 40.1. The molecule has 0 heterocycles. The minimum Gasteiger partial charge on any atom is -0.462 e. The highest BCUT2D eigenvalue weighted by Crippen LogP contribution is 2.63. The van der Waals surface area contributed by atoms with Crippen LogP contribution >= 0.6 is 15.6 Å². The second-order valence-corrected chi connectivity index (χ2v) is 20.5. The van der Waals surface area contributed by atoms with Crippen LogP contribution in [0.2, 0.25) is 0 Å². The third kappa shape index (κ3) is 42.3. The van der Waals surface area contributed by atoms with Gasteiger partial charge in [0.1, 0.15) is 19.8 Å². The maximum absolute atomic E-state index is 13.5. The van der Waals surface area contributed by atoms with Gasteiger partial charge in [-0.05, 0) is 64.2 Å². The number of ether oxygens (including phenoxy) is 2. The number of phosphoric ester groups is 2. The lowest BCUT2D eigenvalue weighted by Crippen LogP contribution is -2.37. The highest BCUT2D eigenvalue weighted by Gasteiger charge is 2.39. The van der Waals surface area contributed by atoms with Crippen molar-refractivity contribution >= 4 is 27.6 Å².